The van der Waals surface area contributed by atoms with Crippen molar-refractivity contribution in [1.82, 2.24) is 19.4 Å². The van der Waals surface area contributed by atoms with Crippen LogP contribution in [-0.2, 0) is 6.54 Å². The van der Waals surface area contributed by atoms with Crippen molar-refractivity contribution >= 4 is 11.9 Å². The molecule has 0 aromatic carbocycles. The van der Waals surface area contributed by atoms with Crippen LogP contribution in [0.2, 0.25) is 0 Å². The summed E-state index contributed by atoms with van der Waals surface area (Å²) in [5.74, 6) is -1.62. The van der Waals surface area contributed by atoms with Crippen molar-refractivity contribution in [3.05, 3.63) is 26.4 Å². The van der Waals surface area contributed by atoms with E-state index in [1.807, 2.05) is 0 Å². The van der Waals surface area contributed by atoms with E-state index in [0.29, 0.717) is 36.7 Å². The van der Waals surface area contributed by atoms with Gasteiger partial charge in [-0.1, -0.05) is 0 Å². The molecule has 0 radical (unpaired) electrons. The van der Waals surface area contributed by atoms with Crippen LogP contribution in [0.5, 0.6) is 5.88 Å². The van der Waals surface area contributed by atoms with Crippen LogP contribution in [0.1, 0.15) is 63.5 Å². The third-order valence-electron chi connectivity index (χ3n) is 7.26. The number of amides is 2. The van der Waals surface area contributed by atoms with Gasteiger partial charge in [0.2, 0.25) is 5.88 Å². The number of nitrogen functional groups attached to an aromatic ring is 1. The molecule has 1 unspecified atom stereocenters. The van der Waals surface area contributed by atoms with Crippen LogP contribution < -0.4 is 22.3 Å². The second-order valence-electron chi connectivity index (χ2n) is 9.59. The van der Waals surface area contributed by atoms with Gasteiger partial charge in [0.25, 0.3) is 5.56 Å². The first-order valence-electron chi connectivity index (χ1n) is 11.4. The van der Waals surface area contributed by atoms with Crippen LogP contribution in [0, 0.1) is 11.3 Å². The molecule has 35 heavy (non-hydrogen) atoms. The number of nitrogens with one attached hydrogen (secondary N) is 2. The third kappa shape index (κ3) is 5.16. The molecule has 3 rings (SSSR count). The van der Waals surface area contributed by atoms with Crippen LogP contribution in [-0.4, -0.2) is 61.1 Å². The summed E-state index contributed by atoms with van der Waals surface area (Å²) in [5, 5.41) is 30.8. The number of aromatic nitrogens is 2. The van der Waals surface area contributed by atoms with E-state index in [1.165, 1.54) is 4.90 Å². The highest BCUT2D eigenvalue weighted by atomic mass is 19.4. The van der Waals surface area contributed by atoms with Gasteiger partial charge in [-0.25, -0.2) is 9.59 Å². The quantitative estimate of drug-likeness (QED) is 0.276. The van der Waals surface area contributed by atoms with E-state index in [4.69, 9.17) is 11.1 Å². The monoisotopic (exact) mass is 504 g/mol. The summed E-state index contributed by atoms with van der Waals surface area (Å²) in [6, 6.07) is -0.982. The van der Waals surface area contributed by atoms with E-state index in [0.717, 1.165) is 4.57 Å². The molecule has 0 bridgehead atoms. The number of halogens is 3. The molecule has 11 nitrogen and oxygen atoms in total. The Morgan fingerprint density at radius 1 is 1.23 bits per heavy atom. The maximum absolute atomic E-state index is 13.1. The first kappa shape index (κ1) is 26.6. The summed E-state index contributed by atoms with van der Waals surface area (Å²) in [5.41, 5.74) is 2.10. The number of aliphatic hydroxyl groups excluding tert-OH is 1. The van der Waals surface area contributed by atoms with Gasteiger partial charge in [-0.05, 0) is 51.4 Å². The smallest absolute Gasteiger partial charge is 0.389 e. The number of urea groups is 1. The van der Waals surface area contributed by atoms with Gasteiger partial charge in [0.15, 0.2) is 6.23 Å². The number of aromatic hydroxyl groups is 1. The van der Waals surface area contributed by atoms with E-state index >= 15 is 0 Å². The lowest BCUT2D eigenvalue weighted by atomic mass is 9.77. The number of hydrogen-bond acceptors (Lipinski definition) is 6. The summed E-state index contributed by atoms with van der Waals surface area (Å²) in [7, 11) is 1.59. The first-order valence-corrected chi connectivity index (χ1v) is 11.4. The van der Waals surface area contributed by atoms with E-state index in [9.17, 15) is 37.8 Å². The zero-order valence-electron chi connectivity index (χ0n) is 19.6. The fraction of sp³-hybridized carbons (Fsp3) is 0.714. The van der Waals surface area contributed by atoms with E-state index < -0.39 is 71.9 Å². The number of alkyl halides is 3. The maximum Gasteiger partial charge on any atom is 0.389 e. The Hall–Kier alpha value is -3.03. The minimum atomic E-state index is -4.45. The van der Waals surface area contributed by atoms with Crippen LogP contribution in [0.15, 0.2) is 9.59 Å². The topological polar surface area (TPSA) is 167 Å². The molecule has 0 spiro atoms. The Kier molecular flexibility index (Phi) is 7.25. The normalized spacial score (nSPS) is 27.2. The molecule has 2 heterocycles. The van der Waals surface area contributed by atoms with E-state index in [1.54, 1.807) is 14.0 Å². The van der Waals surface area contributed by atoms with Gasteiger partial charge in [0, 0.05) is 26.1 Å². The largest absolute Gasteiger partial charge is 0.494 e. The highest BCUT2D eigenvalue weighted by Gasteiger charge is 2.48. The predicted molar refractivity (Wildman–Crippen MR) is 119 cm³/mol. The summed E-state index contributed by atoms with van der Waals surface area (Å²) in [6.45, 7) is 1.27. The molecule has 2 aliphatic rings. The zero-order chi connectivity index (χ0) is 26.3. The Morgan fingerprint density at radius 3 is 2.31 bits per heavy atom. The summed E-state index contributed by atoms with van der Waals surface area (Å²) in [4.78, 5) is 39.4. The molecule has 196 valence electrons. The lowest BCUT2D eigenvalue weighted by Crippen LogP contribution is -2.49. The highest BCUT2D eigenvalue weighted by Crippen LogP contribution is 2.39. The van der Waals surface area contributed by atoms with Gasteiger partial charge in [0.1, 0.15) is 11.4 Å². The Bertz CT molecular complexity index is 1110. The molecule has 2 atom stereocenters. The van der Waals surface area contributed by atoms with Gasteiger partial charge in [-0.15, -0.1) is 0 Å². The number of nitrogens with two attached hydrogens (primary N) is 1. The second-order valence-corrected chi connectivity index (χ2v) is 9.59. The summed E-state index contributed by atoms with van der Waals surface area (Å²) < 4.78 is 39.3. The van der Waals surface area contributed by atoms with Crippen LogP contribution >= 0.6 is 0 Å². The maximum atomic E-state index is 13.1. The van der Waals surface area contributed by atoms with E-state index in [-0.39, 0.29) is 11.9 Å². The molecular formula is C21H31F3N6O5. The van der Waals surface area contributed by atoms with Gasteiger partial charge in [-0.3, -0.25) is 19.3 Å². The lowest BCUT2D eigenvalue weighted by Gasteiger charge is -2.38. The fourth-order valence-corrected chi connectivity index (χ4v) is 5.08. The number of amidine groups is 1. The van der Waals surface area contributed by atoms with Crippen molar-refractivity contribution in [2.24, 2.45) is 11.7 Å². The third-order valence-corrected chi connectivity index (χ3v) is 7.26. The highest BCUT2D eigenvalue weighted by molar-refractivity contribution is 5.96. The SMILES string of the molecule is CN1C(=O)NC(O)[C@@]1(C)CC1CCC(n2c(=O)c(C(=N)N)c(O)n(CCCC(F)(F)F)c2=O)CC1. The fourth-order valence-electron chi connectivity index (χ4n) is 5.08. The van der Waals surface area contributed by atoms with E-state index in [2.05, 4.69) is 5.32 Å². The second kappa shape index (κ2) is 9.55. The van der Waals surface area contributed by atoms with Gasteiger partial charge in [-0.2, -0.15) is 13.2 Å². The average Bonchev–Trinajstić information content (AvgIpc) is 2.93. The number of carbonyl (C=O) groups is 1. The lowest BCUT2D eigenvalue weighted by molar-refractivity contribution is -0.136. The molecule has 2 fully saturated rings. The zero-order valence-corrected chi connectivity index (χ0v) is 19.6. The molecular weight excluding hydrogens is 473 g/mol. The number of hydrogen-bond donors (Lipinski definition) is 5. The van der Waals surface area contributed by atoms with Crippen molar-refractivity contribution in [2.45, 2.75) is 82.4 Å². The standard InChI is InChI=1S/C21H31F3N6O5/c1-20(17(33)27-18(34)28(20)2)10-11-4-6-12(7-5-11)30-16(32)13(14(25)26)15(31)29(19(30)35)9-3-8-21(22,23)24/h11-12,17,31,33H,3-10H2,1-2H3,(H3,25,26)(H,27,34)/t11?,12?,17?,20-/m1/s1. The minimum absolute atomic E-state index is 0.0788. The first-order chi connectivity index (χ1) is 16.2. The van der Waals surface area contributed by atoms with Crippen LogP contribution in [0.3, 0.4) is 0 Å². The molecule has 1 saturated heterocycles. The number of carbonyl (C=O) groups excluding carboxylic acids is 1. The molecule has 1 aliphatic carbocycles. The van der Waals surface area contributed by atoms with Gasteiger partial charge < -0.3 is 26.2 Å². The number of rotatable bonds is 7. The van der Waals surface area contributed by atoms with Crippen molar-refractivity contribution in [1.29, 1.82) is 5.41 Å². The molecule has 6 N–H and O–H groups in total. The summed E-state index contributed by atoms with van der Waals surface area (Å²) >= 11 is 0. The molecule has 1 saturated carbocycles. The molecule has 1 aromatic heterocycles. The molecule has 1 aromatic rings. The van der Waals surface area contributed by atoms with Crippen molar-refractivity contribution in [3.63, 3.8) is 0 Å². The van der Waals surface area contributed by atoms with Crippen LogP contribution in [0.4, 0.5) is 18.0 Å². The molecule has 14 heteroatoms. The number of aliphatic hydroxyl groups is 1. The average molecular weight is 505 g/mol. The molecule has 2 amide bonds. The summed E-state index contributed by atoms with van der Waals surface area (Å²) in [6.07, 6.45) is -4.82. The number of nitrogens with zero attached hydrogens (tertiary/aromatic N) is 3. The Morgan fingerprint density at radius 2 is 1.83 bits per heavy atom. The predicted octanol–water partition coefficient (Wildman–Crippen LogP) is 1.20. The van der Waals surface area contributed by atoms with Crippen molar-refractivity contribution < 1.29 is 28.2 Å². The Labute approximate surface area is 198 Å². The van der Waals surface area contributed by atoms with Crippen LogP contribution in [0.25, 0.3) is 0 Å². The van der Waals surface area contributed by atoms with Crippen molar-refractivity contribution in [3.8, 4) is 5.88 Å². The van der Waals surface area contributed by atoms with Crippen molar-refractivity contribution in [2.75, 3.05) is 7.05 Å². The minimum Gasteiger partial charge on any atom is -0.494 e. The van der Waals surface area contributed by atoms with Gasteiger partial charge in [0.05, 0.1) is 5.54 Å². The van der Waals surface area contributed by atoms with Gasteiger partial charge >= 0.3 is 17.9 Å². The molecule has 1 aliphatic heterocycles. The number of likely N-dealkylation sites (N-methyl/N-ethyl adjacent to an activating group) is 1. The Balaban J connectivity index is 1.83.